The Bertz CT molecular complexity index is 254. The maximum absolute atomic E-state index is 10.4. The Morgan fingerprint density at radius 3 is 2.82 bits per heavy atom. The standard InChI is InChI=1S/C13H26N2O2/c1-13(2,10-14-7-6-12(16)17)11-5-4-8-15(3)9-11/h11,14H,4-10H2,1-3H3,(H,16,17). The zero-order valence-electron chi connectivity index (χ0n) is 11.3. The summed E-state index contributed by atoms with van der Waals surface area (Å²) in [5.74, 6) is -0.0220. The van der Waals surface area contributed by atoms with Crippen LogP contribution < -0.4 is 5.32 Å². The predicted molar refractivity (Wildman–Crippen MR) is 69.1 cm³/mol. The van der Waals surface area contributed by atoms with Gasteiger partial charge in [0.1, 0.15) is 0 Å². The highest BCUT2D eigenvalue weighted by Gasteiger charge is 2.31. The van der Waals surface area contributed by atoms with Crippen LogP contribution in [-0.4, -0.2) is 49.2 Å². The van der Waals surface area contributed by atoms with E-state index in [2.05, 4.69) is 31.1 Å². The molecule has 1 heterocycles. The first-order chi connectivity index (χ1) is 7.92. The van der Waals surface area contributed by atoms with E-state index in [-0.39, 0.29) is 11.8 Å². The van der Waals surface area contributed by atoms with E-state index in [1.54, 1.807) is 0 Å². The van der Waals surface area contributed by atoms with Crippen molar-refractivity contribution in [3.8, 4) is 0 Å². The van der Waals surface area contributed by atoms with Crippen LogP contribution in [0.4, 0.5) is 0 Å². The van der Waals surface area contributed by atoms with Gasteiger partial charge in [0.05, 0.1) is 6.42 Å². The Hall–Kier alpha value is -0.610. The Kier molecular flexibility index (Phi) is 5.40. The Morgan fingerprint density at radius 1 is 1.53 bits per heavy atom. The summed E-state index contributed by atoms with van der Waals surface area (Å²) in [4.78, 5) is 12.8. The summed E-state index contributed by atoms with van der Waals surface area (Å²) >= 11 is 0. The van der Waals surface area contributed by atoms with Crippen molar-refractivity contribution in [3.63, 3.8) is 0 Å². The van der Waals surface area contributed by atoms with E-state index in [9.17, 15) is 4.79 Å². The van der Waals surface area contributed by atoms with Gasteiger partial charge in [-0.3, -0.25) is 4.79 Å². The van der Waals surface area contributed by atoms with Crippen molar-refractivity contribution < 1.29 is 9.90 Å². The summed E-state index contributed by atoms with van der Waals surface area (Å²) in [6.45, 7) is 8.40. The van der Waals surface area contributed by atoms with Gasteiger partial charge in [-0.25, -0.2) is 0 Å². The molecule has 1 atom stereocenters. The van der Waals surface area contributed by atoms with Gasteiger partial charge in [0.25, 0.3) is 0 Å². The summed E-state index contributed by atoms with van der Waals surface area (Å²) in [5, 5.41) is 11.8. The highest BCUT2D eigenvalue weighted by molar-refractivity contribution is 5.66. The van der Waals surface area contributed by atoms with Crippen LogP contribution in [0.25, 0.3) is 0 Å². The molecule has 0 saturated carbocycles. The number of rotatable bonds is 6. The summed E-state index contributed by atoms with van der Waals surface area (Å²) in [5.41, 5.74) is 0.243. The smallest absolute Gasteiger partial charge is 0.304 e. The molecule has 1 aliphatic rings. The van der Waals surface area contributed by atoms with Crippen molar-refractivity contribution in [2.45, 2.75) is 33.1 Å². The van der Waals surface area contributed by atoms with Gasteiger partial charge in [0.15, 0.2) is 0 Å². The molecule has 4 heteroatoms. The predicted octanol–water partition coefficient (Wildman–Crippen LogP) is 1.42. The molecule has 1 unspecified atom stereocenters. The summed E-state index contributed by atoms with van der Waals surface area (Å²) in [6, 6.07) is 0. The van der Waals surface area contributed by atoms with Crippen molar-refractivity contribution in [2.24, 2.45) is 11.3 Å². The molecule has 1 rings (SSSR count). The van der Waals surface area contributed by atoms with Crippen LogP contribution in [0.2, 0.25) is 0 Å². The summed E-state index contributed by atoms with van der Waals surface area (Å²) in [6.07, 6.45) is 2.78. The van der Waals surface area contributed by atoms with E-state index in [1.165, 1.54) is 19.4 Å². The molecule has 17 heavy (non-hydrogen) atoms. The molecule has 0 bridgehead atoms. The van der Waals surface area contributed by atoms with Gasteiger partial charge >= 0.3 is 5.97 Å². The maximum atomic E-state index is 10.4. The Morgan fingerprint density at radius 2 is 2.24 bits per heavy atom. The largest absolute Gasteiger partial charge is 0.481 e. The lowest BCUT2D eigenvalue weighted by atomic mass is 9.74. The number of likely N-dealkylation sites (tertiary alicyclic amines) is 1. The molecule has 0 aliphatic carbocycles. The number of hydrogen-bond donors (Lipinski definition) is 2. The highest BCUT2D eigenvalue weighted by atomic mass is 16.4. The number of carboxylic acids is 1. The van der Waals surface area contributed by atoms with E-state index in [4.69, 9.17) is 5.11 Å². The molecule has 0 amide bonds. The van der Waals surface area contributed by atoms with Gasteiger partial charge < -0.3 is 15.3 Å². The molecular formula is C13H26N2O2. The average Bonchev–Trinajstić information content (AvgIpc) is 2.24. The second-order valence-electron chi connectivity index (χ2n) is 5.91. The fraction of sp³-hybridized carbons (Fsp3) is 0.923. The lowest BCUT2D eigenvalue weighted by molar-refractivity contribution is -0.136. The fourth-order valence-electron chi connectivity index (χ4n) is 2.55. The minimum atomic E-state index is -0.729. The molecule has 0 aromatic heterocycles. The molecule has 100 valence electrons. The number of aliphatic carboxylic acids is 1. The second-order valence-corrected chi connectivity index (χ2v) is 5.91. The molecule has 0 aromatic rings. The lowest BCUT2D eigenvalue weighted by Crippen LogP contribution is -2.44. The molecule has 1 aliphatic heterocycles. The zero-order valence-corrected chi connectivity index (χ0v) is 11.3. The highest BCUT2D eigenvalue weighted by Crippen LogP contribution is 2.32. The monoisotopic (exact) mass is 242 g/mol. The third-order valence-electron chi connectivity index (χ3n) is 3.83. The molecular weight excluding hydrogens is 216 g/mol. The van der Waals surface area contributed by atoms with Crippen LogP contribution in [0.1, 0.15) is 33.1 Å². The number of nitrogens with one attached hydrogen (secondary N) is 1. The van der Waals surface area contributed by atoms with Crippen LogP contribution in [0, 0.1) is 11.3 Å². The van der Waals surface area contributed by atoms with Crippen molar-refractivity contribution >= 4 is 5.97 Å². The molecule has 4 nitrogen and oxygen atoms in total. The minimum Gasteiger partial charge on any atom is -0.481 e. The molecule has 0 spiro atoms. The maximum Gasteiger partial charge on any atom is 0.304 e. The van der Waals surface area contributed by atoms with Gasteiger partial charge in [-0.05, 0) is 37.8 Å². The van der Waals surface area contributed by atoms with Gasteiger partial charge in [-0.1, -0.05) is 13.8 Å². The van der Waals surface area contributed by atoms with E-state index in [0.29, 0.717) is 12.5 Å². The lowest BCUT2D eigenvalue weighted by Gasteiger charge is -2.40. The molecule has 2 N–H and O–H groups in total. The number of carbonyl (C=O) groups is 1. The third kappa shape index (κ3) is 5.04. The van der Waals surface area contributed by atoms with E-state index in [0.717, 1.165) is 13.1 Å². The topological polar surface area (TPSA) is 52.6 Å². The SMILES string of the molecule is CN1CCCC(C(C)(C)CNCCC(=O)O)C1. The second kappa shape index (κ2) is 6.36. The van der Waals surface area contributed by atoms with Crippen molar-refractivity contribution in [2.75, 3.05) is 33.2 Å². The molecule has 1 fully saturated rings. The number of piperidine rings is 1. The van der Waals surface area contributed by atoms with Gasteiger partial charge in [-0.2, -0.15) is 0 Å². The Labute approximate surface area is 104 Å². The number of hydrogen-bond acceptors (Lipinski definition) is 3. The first-order valence-electron chi connectivity index (χ1n) is 6.53. The Balaban J connectivity index is 2.31. The van der Waals surface area contributed by atoms with Gasteiger partial charge in [0.2, 0.25) is 0 Å². The summed E-state index contributed by atoms with van der Waals surface area (Å²) < 4.78 is 0. The van der Waals surface area contributed by atoms with Crippen LogP contribution >= 0.6 is 0 Å². The number of carboxylic acid groups (broad SMARTS) is 1. The molecule has 0 aromatic carbocycles. The van der Waals surface area contributed by atoms with E-state index >= 15 is 0 Å². The van der Waals surface area contributed by atoms with Crippen LogP contribution in [-0.2, 0) is 4.79 Å². The first-order valence-corrected chi connectivity index (χ1v) is 6.53. The molecule has 1 saturated heterocycles. The zero-order chi connectivity index (χ0) is 12.9. The summed E-state index contributed by atoms with van der Waals surface area (Å²) in [7, 11) is 2.18. The third-order valence-corrected chi connectivity index (χ3v) is 3.83. The normalized spacial score (nSPS) is 22.6. The van der Waals surface area contributed by atoms with E-state index in [1.807, 2.05) is 0 Å². The van der Waals surface area contributed by atoms with E-state index < -0.39 is 5.97 Å². The average molecular weight is 242 g/mol. The van der Waals surface area contributed by atoms with Crippen LogP contribution in [0.15, 0.2) is 0 Å². The van der Waals surface area contributed by atoms with Crippen LogP contribution in [0.5, 0.6) is 0 Å². The van der Waals surface area contributed by atoms with Gasteiger partial charge in [0, 0.05) is 19.6 Å². The number of nitrogens with zero attached hydrogens (tertiary/aromatic N) is 1. The van der Waals surface area contributed by atoms with Crippen molar-refractivity contribution in [1.82, 2.24) is 10.2 Å². The van der Waals surface area contributed by atoms with Crippen LogP contribution in [0.3, 0.4) is 0 Å². The quantitative estimate of drug-likeness (QED) is 0.692. The minimum absolute atomic E-state index is 0.209. The van der Waals surface area contributed by atoms with Crippen molar-refractivity contribution in [3.05, 3.63) is 0 Å². The van der Waals surface area contributed by atoms with Crippen molar-refractivity contribution in [1.29, 1.82) is 0 Å². The first kappa shape index (κ1) is 14.5. The fourth-order valence-corrected chi connectivity index (χ4v) is 2.55. The van der Waals surface area contributed by atoms with Gasteiger partial charge in [-0.15, -0.1) is 0 Å². The molecule has 0 radical (unpaired) electrons.